The maximum absolute atomic E-state index is 12.0. The largest absolute Gasteiger partial charge is 0.350 e. The summed E-state index contributed by atoms with van der Waals surface area (Å²) in [6.45, 7) is 3.87. The van der Waals surface area contributed by atoms with Crippen molar-refractivity contribution >= 4 is 21.8 Å². The molecule has 0 aromatic heterocycles. The van der Waals surface area contributed by atoms with Gasteiger partial charge in [0, 0.05) is 22.6 Å². The van der Waals surface area contributed by atoms with Gasteiger partial charge in [-0.05, 0) is 57.1 Å². The summed E-state index contributed by atoms with van der Waals surface area (Å²) in [7, 11) is 2.12. The molecule has 1 fully saturated rings. The number of likely N-dealkylation sites (N-methyl/N-ethyl adjacent to an activating group) is 1. The molecule has 2 rings (SSSR count). The fourth-order valence-electron chi connectivity index (χ4n) is 2.34. The Labute approximate surface area is 117 Å². The van der Waals surface area contributed by atoms with Crippen LogP contribution in [0.15, 0.2) is 22.7 Å². The fourth-order valence-corrected chi connectivity index (χ4v) is 2.58. The number of carbonyl (C=O) groups is 1. The molecule has 4 heteroatoms. The van der Waals surface area contributed by atoms with Crippen molar-refractivity contribution in [3.8, 4) is 0 Å². The predicted molar refractivity (Wildman–Crippen MR) is 76.9 cm³/mol. The Balaban J connectivity index is 1.93. The van der Waals surface area contributed by atoms with Gasteiger partial charge in [-0.2, -0.15) is 0 Å². The molecule has 0 spiro atoms. The van der Waals surface area contributed by atoms with Crippen molar-refractivity contribution in [2.24, 2.45) is 0 Å². The number of nitrogens with zero attached hydrogens (tertiary/aromatic N) is 1. The molecule has 18 heavy (non-hydrogen) atoms. The maximum atomic E-state index is 12.0. The molecule has 1 aliphatic heterocycles. The van der Waals surface area contributed by atoms with Gasteiger partial charge >= 0.3 is 0 Å². The lowest BCUT2D eigenvalue weighted by molar-refractivity contribution is 0.0943. The summed E-state index contributed by atoms with van der Waals surface area (Å²) in [6, 6.07) is 6.18. The van der Waals surface area contributed by atoms with Gasteiger partial charge in [0.1, 0.15) is 0 Å². The molecule has 3 nitrogen and oxygen atoms in total. The summed E-state index contributed by atoms with van der Waals surface area (Å²) in [5.74, 6) is 0.0194. The lowest BCUT2D eigenvalue weighted by Gasteiger charge is -2.19. The smallest absolute Gasteiger partial charge is 0.251 e. The molecule has 0 saturated carbocycles. The van der Waals surface area contributed by atoms with E-state index >= 15 is 0 Å². The zero-order valence-corrected chi connectivity index (χ0v) is 12.5. The minimum Gasteiger partial charge on any atom is -0.350 e. The first kappa shape index (κ1) is 13.6. The molecule has 1 unspecified atom stereocenters. The number of rotatable bonds is 3. The van der Waals surface area contributed by atoms with Gasteiger partial charge in [-0.15, -0.1) is 0 Å². The second-order valence-electron chi connectivity index (χ2n) is 4.95. The first-order chi connectivity index (χ1) is 8.58. The molecule has 1 atom stereocenters. The van der Waals surface area contributed by atoms with Crippen molar-refractivity contribution in [1.29, 1.82) is 0 Å². The Bertz CT molecular complexity index is 447. The Morgan fingerprint density at radius 2 is 2.33 bits per heavy atom. The second-order valence-corrected chi connectivity index (χ2v) is 5.80. The molecular formula is C14H19BrN2O. The van der Waals surface area contributed by atoms with Crippen LogP contribution in [0.4, 0.5) is 0 Å². The highest BCUT2D eigenvalue weighted by Gasteiger charge is 2.21. The van der Waals surface area contributed by atoms with Crippen molar-refractivity contribution in [2.45, 2.75) is 25.8 Å². The summed E-state index contributed by atoms with van der Waals surface area (Å²) in [5.41, 5.74) is 1.82. The van der Waals surface area contributed by atoms with Crippen LogP contribution < -0.4 is 5.32 Å². The molecule has 1 aromatic carbocycles. The van der Waals surface area contributed by atoms with Crippen molar-refractivity contribution < 1.29 is 4.79 Å². The van der Waals surface area contributed by atoms with E-state index in [0.29, 0.717) is 6.04 Å². The summed E-state index contributed by atoms with van der Waals surface area (Å²) >= 11 is 3.44. The van der Waals surface area contributed by atoms with Crippen LogP contribution in [-0.2, 0) is 0 Å². The second kappa shape index (κ2) is 5.85. The van der Waals surface area contributed by atoms with E-state index < -0.39 is 0 Å². The molecule has 0 radical (unpaired) electrons. The van der Waals surface area contributed by atoms with Crippen molar-refractivity contribution in [1.82, 2.24) is 10.2 Å². The van der Waals surface area contributed by atoms with Gasteiger partial charge in [0.2, 0.25) is 0 Å². The highest BCUT2D eigenvalue weighted by molar-refractivity contribution is 9.10. The Kier molecular flexibility index (Phi) is 4.40. The van der Waals surface area contributed by atoms with E-state index in [1.807, 2.05) is 25.1 Å². The topological polar surface area (TPSA) is 32.3 Å². The molecule has 1 amide bonds. The van der Waals surface area contributed by atoms with E-state index in [0.717, 1.165) is 28.7 Å². The SMILES string of the molecule is Cc1cc(C(=O)NCC2CCCN2C)ccc1Br. The molecule has 0 bridgehead atoms. The highest BCUT2D eigenvalue weighted by atomic mass is 79.9. The zero-order valence-electron chi connectivity index (χ0n) is 10.9. The lowest BCUT2D eigenvalue weighted by Crippen LogP contribution is -2.38. The van der Waals surface area contributed by atoms with Gasteiger partial charge < -0.3 is 10.2 Å². The van der Waals surface area contributed by atoms with Gasteiger partial charge in [0.15, 0.2) is 0 Å². The molecule has 1 heterocycles. The van der Waals surface area contributed by atoms with Crippen LogP contribution in [0.2, 0.25) is 0 Å². The summed E-state index contributed by atoms with van der Waals surface area (Å²) in [6.07, 6.45) is 2.41. The number of nitrogens with one attached hydrogen (secondary N) is 1. The van der Waals surface area contributed by atoms with Gasteiger partial charge in [0.05, 0.1) is 0 Å². The number of aryl methyl sites for hydroxylation is 1. The third-order valence-electron chi connectivity index (χ3n) is 3.59. The van der Waals surface area contributed by atoms with Gasteiger partial charge in [0.25, 0.3) is 5.91 Å². The molecular weight excluding hydrogens is 292 g/mol. The molecule has 1 aromatic rings. The monoisotopic (exact) mass is 310 g/mol. The number of amides is 1. The minimum absolute atomic E-state index is 0.0194. The van der Waals surface area contributed by atoms with Crippen LogP contribution in [0.3, 0.4) is 0 Å². The molecule has 1 aliphatic rings. The average molecular weight is 311 g/mol. The summed E-state index contributed by atoms with van der Waals surface area (Å²) < 4.78 is 1.04. The van der Waals surface area contributed by atoms with Crippen LogP contribution in [0.1, 0.15) is 28.8 Å². The first-order valence-corrected chi connectivity index (χ1v) is 7.12. The Morgan fingerprint density at radius 1 is 1.56 bits per heavy atom. The average Bonchev–Trinajstić information content (AvgIpc) is 2.75. The standard InChI is InChI=1S/C14H19BrN2O/c1-10-8-11(5-6-13(10)15)14(18)16-9-12-4-3-7-17(12)2/h5-6,8,12H,3-4,7,9H2,1-2H3,(H,16,18). The zero-order chi connectivity index (χ0) is 13.1. The van der Waals surface area contributed by atoms with Crippen LogP contribution >= 0.6 is 15.9 Å². The van der Waals surface area contributed by atoms with E-state index in [1.54, 1.807) is 0 Å². The number of halogens is 1. The summed E-state index contributed by atoms with van der Waals surface area (Å²) in [5, 5.41) is 3.02. The number of carbonyl (C=O) groups excluding carboxylic acids is 1. The van der Waals surface area contributed by atoms with E-state index in [-0.39, 0.29) is 5.91 Å². The molecule has 1 N–H and O–H groups in total. The summed E-state index contributed by atoms with van der Waals surface area (Å²) in [4.78, 5) is 14.3. The quantitative estimate of drug-likeness (QED) is 0.930. The van der Waals surface area contributed by atoms with E-state index in [2.05, 4.69) is 33.2 Å². The van der Waals surface area contributed by atoms with Crippen LogP contribution in [0.5, 0.6) is 0 Å². The molecule has 0 aliphatic carbocycles. The van der Waals surface area contributed by atoms with Gasteiger partial charge in [-0.25, -0.2) is 0 Å². The highest BCUT2D eigenvalue weighted by Crippen LogP contribution is 2.17. The normalized spacial score (nSPS) is 20.1. The van der Waals surface area contributed by atoms with E-state index in [4.69, 9.17) is 0 Å². The minimum atomic E-state index is 0.0194. The number of hydrogen-bond donors (Lipinski definition) is 1. The molecule has 98 valence electrons. The van der Waals surface area contributed by atoms with Crippen LogP contribution in [0, 0.1) is 6.92 Å². The van der Waals surface area contributed by atoms with Crippen molar-refractivity contribution in [3.63, 3.8) is 0 Å². The number of likely N-dealkylation sites (tertiary alicyclic amines) is 1. The Morgan fingerprint density at radius 3 is 2.94 bits per heavy atom. The van der Waals surface area contributed by atoms with Gasteiger partial charge in [-0.3, -0.25) is 4.79 Å². The van der Waals surface area contributed by atoms with E-state index in [1.165, 1.54) is 12.8 Å². The lowest BCUT2D eigenvalue weighted by atomic mass is 10.1. The number of hydrogen-bond acceptors (Lipinski definition) is 2. The number of benzene rings is 1. The van der Waals surface area contributed by atoms with Crippen LogP contribution in [-0.4, -0.2) is 37.0 Å². The predicted octanol–water partition coefficient (Wildman–Crippen LogP) is 2.58. The maximum Gasteiger partial charge on any atom is 0.251 e. The Hall–Kier alpha value is -0.870. The van der Waals surface area contributed by atoms with Crippen molar-refractivity contribution in [3.05, 3.63) is 33.8 Å². The third kappa shape index (κ3) is 3.12. The molecule has 1 saturated heterocycles. The van der Waals surface area contributed by atoms with Crippen LogP contribution in [0.25, 0.3) is 0 Å². The van der Waals surface area contributed by atoms with Gasteiger partial charge in [-0.1, -0.05) is 15.9 Å². The first-order valence-electron chi connectivity index (χ1n) is 6.32. The van der Waals surface area contributed by atoms with Crippen molar-refractivity contribution in [2.75, 3.05) is 20.1 Å². The van der Waals surface area contributed by atoms with E-state index in [9.17, 15) is 4.79 Å². The third-order valence-corrected chi connectivity index (χ3v) is 4.48. The fraction of sp³-hybridized carbons (Fsp3) is 0.500.